The van der Waals surface area contributed by atoms with Crippen LogP contribution in [-0.2, 0) is 6.54 Å². The second-order valence-corrected chi connectivity index (χ2v) is 5.60. The molecule has 1 N–H and O–H groups in total. The average Bonchev–Trinajstić information content (AvgIpc) is 2.94. The lowest BCUT2D eigenvalue weighted by atomic mass is 10.3. The summed E-state index contributed by atoms with van der Waals surface area (Å²) < 4.78 is 5.56. The van der Waals surface area contributed by atoms with E-state index in [2.05, 4.69) is 29.4 Å². The Balaban J connectivity index is 1.68. The summed E-state index contributed by atoms with van der Waals surface area (Å²) in [6, 6.07) is 0.475. The van der Waals surface area contributed by atoms with E-state index in [9.17, 15) is 0 Å². The summed E-state index contributed by atoms with van der Waals surface area (Å²) in [6.07, 6.45) is 3.92. The fourth-order valence-electron chi connectivity index (χ4n) is 1.38. The molecule has 0 unspecified atom stereocenters. The summed E-state index contributed by atoms with van der Waals surface area (Å²) >= 11 is 1.54. The monoisotopic (exact) mass is 241 g/mol. The minimum Gasteiger partial charge on any atom is -0.469 e. The third-order valence-electron chi connectivity index (χ3n) is 2.56. The number of hydrogen-bond acceptors (Lipinski definition) is 5. The maximum atomic E-state index is 5.56. The number of nitrogens with one attached hydrogen (secondary N) is 1. The molecule has 0 atom stereocenters. The Labute approximate surface area is 100 Å². The minimum absolute atomic E-state index is 0.475. The van der Waals surface area contributed by atoms with Crippen LogP contribution < -0.4 is 10.1 Å². The first-order valence-corrected chi connectivity index (χ1v) is 6.74. The van der Waals surface area contributed by atoms with Crippen molar-refractivity contribution in [1.82, 2.24) is 15.5 Å². The molecule has 90 valence electrons. The molecule has 1 heterocycles. The summed E-state index contributed by atoms with van der Waals surface area (Å²) in [5.41, 5.74) is 0. The molecule has 16 heavy (non-hydrogen) atoms. The second-order valence-electron chi connectivity index (χ2n) is 4.58. The van der Waals surface area contributed by atoms with Gasteiger partial charge in [-0.3, -0.25) is 0 Å². The lowest BCUT2D eigenvalue weighted by molar-refractivity contribution is 0.298. The van der Waals surface area contributed by atoms with Gasteiger partial charge in [0, 0.05) is 6.04 Å². The first kappa shape index (κ1) is 11.8. The SMILES string of the molecule is CC(C)NCc1nnc(OCCC2CC2)s1. The Morgan fingerprint density at radius 3 is 2.94 bits per heavy atom. The van der Waals surface area contributed by atoms with E-state index in [-0.39, 0.29) is 0 Å². The highest BCUT2D eigenvalue weighted by Gasteiger charge is 2.20. The second kappa shape index (κ2) is 5.59. The molecular formula is C11H19N3OS. The van der Waals surface area contributed by atoms with Gasteiger partial charge < -0.3 is 10.1 Å². The Bertz CT molecular complexity index is 323. The van der Waals surface area contributed by atoms with Crippen molar-refractivity contribution in [3.05, 3.63) is 5.01 Å². The van der Waals surface area contributed by atoms with Gasteiger partial charge in [-0.05, 0) is 12.3 Å². The molecule has 1 aliphatic carbocycles. The first-order chi connectivity index (χ1) is 7.74. The average molecular weight is 241 g/mol. The van der Waals surface area contributed by atoms with Gasteiger partial charge in [-0.1, -0.05) is 38.0 Å². The van der Waals surface area contributed by atoms with E-state index >= 15 is 0 Å². The van der Waals surface area contributed by atoms with Gasteiger partial charge in [-0.25, -0.2) is 0 Å². The van der Waals surface area contributed by atoms with E-state index in [0.29, 0.717) is 11.2 Å². The van der Waals surface area contributed by atoms with Crippen LogP contribution in [0.4, 0.5) is 0 Å². The van der Waals surface area contributed by atoms with Gasteiger partial charge in [-0.2, -0.15) is 0 Å². The third kappa shape index (κ3) is 4.06. The standard InChI is InChI=1S/C11H19N3OS/c1-8(2)12-7-10-13-14-11(16-10)15-6-5-9-3-4-9/h8-9,12H,3-7H2,1-2H3. The summed E-state index contributed by atoms with van der Waals surface area (Å²) in [4.78, 5) is 0. The fraction of sp³-hybridized carbons (Fsp3) is 0.818. The van der Waals surface area contributed by atoms with Crippen LogP contribution in [0, 0.1) is 5.92 Å². The maximum Gasteiger partial charge on any atom is 0.294 e. The smallest absolute Gasteiger partial charge is 0.294 e. The largest absolute Gasteiger partial charge is 0.469 e. The van der Waals surface area contributed by atoms with Crippen LogP contribution in [0.1, 0.15) is 38.1 Å². The third-order valence-corrected chi connectivity index (χ3v) is 3.39. The molecule has 2 rings (SSSR count). The van der Waals surface area contributed by atoms with Crippen LogP contribution >= 0.6 is 11.3 Å². The zero-order chi connectivity index (χ0) is 11.4. The molecule has 1 fully saturated rings. The predicted octanol–water partition coefficient (Wildman–Crippen LogP) is 2.21. The summed E-state index contributed by atoms with van der Waals surface area (Å²) in [7, 11) is 0. The van der Waals surface area contributed by atoms with E-state index in [0.717, 1.165) is 24.1 Å². The Morgan fingerprint density at radius 1 is 1.44 bits per heavy atom. The van der Waals surface area contributed by atoms with Crippen LogP contribution in [0.2, 0.25) is 0 Å². The van der Waals surface area contributed by atoms with Gasteiger partial charge >= 0.3 is 0 Å². The zero-order valence-corrected chi connectivity index (χ0v) is 10.7. The molecule has 0 aliphatic heterocycles. The van der Waals surface area contributed by atoms with Gasteiger partial charge in [0.05, 0.1) is 13.2 Å². The van der Waals surface area contributed by atoms with Crippen LogP contribution in [0.3, 0.4) is 0 Å². The Morgan fingerprint density at radius 2 is 2.25 bits per heavy atom. The Kier molecular flexibility index (Phi) is 4.12. The molecule has 5 heteroatoms. The molecule has 0 saturated heterocycles. The molecule has 0 spiro atoms. The topological polar surface area (TPSA) is 47.0 Å². The van der Waals surface area contributed by atoms with Crippen molar-refractivity contribution >= 4 is 11.3 Å². The summed E-state index contributed by atoms with van der Waals surface area (Å²) in [5.74, 6) is 0.912. The maximum absolute atomic E-state index is 5.56. The predicted molar refractivity (Wildman–Crippen MR) is 64.7 cm³/mol. The van der Waals surface area contributed by atoms with Crippen LogP contribution in [0.5, 0.6) is 5.19 Å². The highest BCUT2D eigenvalue weighted by atomic mass is 32.1. The van der Waals surface area contributed by atoms with Gasteiger partial charge in [0.25, 0.3) is 5.19 Å². The molecule has 0 radical (unpaired) electrons. The van der Waals surface area contributed by atoms with Crippen molar-refractivity contribution in [1.29, 1.82) is 0 Å². The number of nitrogens with zero attached hydrogens (tertiary/aromatic N) is 2. The van der Waals surface area contributed by atoms with Crippen molar-refractivity contribution < 1.29 is 4.74 Å². The van der Waals surface area contributed by atoms with Crippen molar-refractivity contribution in [2.24, 2.45) is 5.92 Å². The molecule has 1 saturated carbocycles. The highest BCUT2D eigenvalue weighted by Crippen LogP contribution is 2.32. The lowest BCUT2D eigenvalue weighted by Gasteiger charge is -2.03. The van der Waals surface area contributed by atoms with Crippen molar-refractivity contribution in [2.45, 2.75) is 45.7 Å². The molecule has 1 aliphatic rings. The minimum atomic E-state index is 0.475. The Hall–Kier alpha value is -0.680. The summed E-state index contributed by atoms with van der Waals surface area (Å²) in [6.45, 7) is 5.81. The fourth-order valence-corrected chi connectivity index (χ4v) is 2.04. The molecule has 0 amide bonds. The van der Waals surface area contributed by atoms with Gasteiger partial charge in [0.15, 0.2) is 0 Å². The first-order valence-electron chi connectivity index (χ1n) is 5.92. The zero-order valence-electron chi connectivity index (χ0n) is 9.90. The number of ether oxygens (including phenoxy) is 1. The van der Waals surface area contributed by atoms with Crippen LogP contribution in [0.15, 0.2) is 0 Å². The van der Waals surface area contributed by atoms with Gasteiger partial charge in [0.2, 0.25) is 0 Å². The molecule has 1 aromatic rings. The molecular weight excluding hydrogens is 222 g/mol. The number of hydrogen-bond donors (Lipinski definition) is 1. The molecule has 0 aromatic carbocycles. The van der Waals surface area contributed by atoms with E-state index in [1.54, 1.807) is 0 Å². The number of aromatic nitrogens is 2. The highest BCUT2D eigenvalue weighted by molar-refractivity contribution is 7.13. The van der Waals surface area contributed by atoms with E-state index < -0.39 is 0 Å². The normalized spacial score (nSPS) is 15.7. The van der Waals surface area contributed by atoms with Crippen molar-refractivity contribution in [3.63, 3.8) is 0 Å². The lowest BCUT2D eigenvalue weighted by Crippen LogP contribution is -2.21. The quantitative estimate of drug-likeness (QED) is 0.795. The van der Waals surface area contributed by atoms with Crippen molar-refractivity contribution in [3.8, 4) is 5.19 Å². The van der Waals surface area contributed by atoms with Crippen LogP contribution in [-0.4, -0.2) is 22.8 Å². The molecule has 0 bridgehead atoms. The van der Waals surface area contributed by atoms with E-state index in [1.165, 1.54) is 30.6 Å². The van der Waals surface area contributed by atoms with Crippen molar-refractivity contribution in [2.75, 3.05) is 6.61 Å². The number of rotatable bonds is 7. The molecule has 4 nitrogen and oxygen atoms in total. The van der Waals surface area contributed by atoms with Gasteiger partial charge in [-0.15, -0.1) is 10.2 Å². The molecule has 1 aromatic heterocycles. The van der Waals surface area contributed by atoms with Gasteiger partial charge in [0.1, 0.15) is 5.01 Å². The van der Waals surface area contributed by atoms with Crippen LogP contribution in [0.25, 0.3) is 0 Å². The van der Waals surface area contributed by atoms with E-state index in [4.69, 9.17) is 4.74 Å². The summed E-state index contributed by atoms with van der Waals surface area (Å²) in [5, 5.41) is 13.1. The van der Waals surface area contributed by atoms with E-state index in [1.807, 2.05) is 0 Å².